The third kappa shape index (κ3) is 53.5. The smallest absolute Gasteiger partial charge is 0.462 e. The number of esters is 3. The number of phosphoric acid groups is 1. The number of carbonyl (C=O) groups excluding carboxylic acids is 3. The fourth-order valence-electron chi connectivity index (χ4n) is 7.91. The molecule has 0 spiro atoms. The van der Waals surface area contributed by atoms with Crippen molar-refractivity contribution in [1.82, 2.24) is 0 Å². The van der Waals surface area contributed by atoms with E-state index in [0.717, 1.165) is 96.3 Å². The summed E-state index contributed by atoms with van der Waals surface area (Å²) in [6.45, 7) is 4.33. The molecule has 11 nitrogen and oxygen atoms in total. The minimum atomic E-state index is -4.77. The number of aliphatic hydroxyl groups is 1. The summed E-state index contributed by atoms with van der Waals surface area (Å²) in [5, 5.41) is 9.79. The molecule has 0 aromatic carbocycles. The van der Waals surface area contributed by atoms with Gasteiger partial charge in [0.1, 0.15) is 12.7 Å². The van der Waals surface area contributed by atoms with Crippen molar-refractivity contribution < 1.29 is 52.2 Å². The van der Waals surface area contributed by atoms with Crippen molar-refractivity contribution in [2.45, 2.75) is 264 Å². The van der Waals surface area contributed by atoms with Gasteiger partial charge in [0.05, 0.1) is 19.8 Å². The van der Waals surface area contributed by atoms with Gasteiger partial charge in [0.25, 0.3) is 0 Å². The second-order valence-electron chi connectivity index (χ2n) is 19.4. The zero-order valence-electron chi connectivity index (χ0n) is 47.0. The molecule has 3 unspecified atom stereocenters. The predicted molar refractivity (Wildman–Crippen MR) is 307 cm³/mol. The molecule has 0 bridgehead atoms. The lowest BCUT2D eigenvalue weighted by Crippen LogP contribution is -2.30. The molecule has 0 aromatic heterocycles. The van der Waals surface area contributed by atoms with Crippen LogP contribution in [0.3, 0.4) is 0 Å². The van der Waals surface area contributed by atoms with E-state index >= 15 is 0 Å². The van der Waals surface area contributed by atoms with E-state index in [9.17, 15) is 28.9 Å². The van der Waals surface area contributed by atoms with Crippen molar-refractivity contribution in [2.75, 3.05) is 26.4 Å². The maximum atomic E-state index is 12.9. The standard InChI is InChI=1S/C62H107O11P/c1-4-7-10-13-16-19-22-25-27-28-29-30-32-34-36-39-42-45-48-51-60(64)69-55-59(73-62(66)53-50-47-44-41-38-35-31-26-23-20-17-14-11-8-5-2)57-71-74(67,68)70-56-58(54-63)72-61(65)52-49-46-43-40-37-33-24-21-18-15-12-9-6-3/h8-9,11-12,17-18,20-21,26,31,33,37,43,46,58-59,63H,4-7,10,13-16,19,22-25,27-30,32,34-36,38-42,44-45,47-57H2,1-3H3,(H,67,68)/b11-8-,12-9-,20-17-,21-18-,31-26-,37-33-,46-43-. The molecule has 0 fully saturated rings. The number of unbranched alkanes of at least 4 members (excludes halogenated alkanes) is 23. The van der Waals surface area contributed by atoms with Crippen LogP contribution in [0.25, 0.3) is 0 Å². The molecule has 0 aromatic rings. The zero-order valence-corrected chi connectivity index (χ0v) is 47.9. The van der Waals surface area contributed by atoms with Crippen LogP contribution in [0, 0.1) is 0 Å². The molecule has 426 valence electrons. The Labute approximate surface area is 451 Å². The lowest BCUT2D eigenvalue weighted by atomic mass is 10.0. The van der Waals surface area contributed by atoms with Crippen LogP contribution in [-0.2, 0) is 42.2 Å². The average Bonchev–Trinajstić information content (AvgIpc) is 3.39. The predicted octanol–water partition coefficient (Wildman–Crippen LogP) is 17.5. The number of allylic oxidation sites excluding steroid dienone is 14. The minimum Gasteiger partial charge on any atom is -0.462 e. The molecule has 12 heteroatoms. The van der Waals surface area contributed by atoms with Gasteiger partial charge in [-0.1, -0.05) is 241 Å². The van der Waals surface area contributed by atoms with Crippen LogP contribution in [0.5, 0.6) is 0 Å². The molecule has 74 heavy (non-hydrogen) atoms. The molecule has 0 saturated carbocycles. The monoisotopic (exact) mass is 1060 g/mol. The first-order valence-electron chi connectivity index (χ1n) is 29.5. The van der Waals surface area contributed by atoms with Crippen LogP contribution in [0.4, 0.5) is 0 Å². The first kappa shape index (κ1) is 70.7. The Kier molecular flexibility index (Phi) is 53.4. The number of phosphoric ester groups is 1. The Balaban J connectivity index is 4.76. The Morgan fingerprint density at radius 2 is 0.730 bits per heavy atom. The fourth-order valence-corrected chi connectivity index (χ4v) is 8.70. The number of carbonyl (C=O) groups is 3. The van der Waals surface area contributed by atoms with Gasteiger partial charge < -0.3 is 24.2 Å². The zero-order chi connectivity index (χ0) is 54.1. The second-order valence-corrected chi connectivity index (χ2v) is 20.9. The van der Waals surface area contributed by atoms with Crippen molar-refractivity contribution in [1.29, 1.82) is 0 Å². The van der Waals surface area contributed by atoms with Crippen molar-refractivity contribution in [2.24, 2.45) is 0 Å². The SMILES string of the molecule is CC/C=C\C/C=C\C/C=C\C/C=C\CCC(=O)OC(CO)COP(=O)(O)OCC(COC(=O)CCCCCCCCCCCCCCCCCCCCC)OC(=O)CCCCCCC/C=C\C/C=C\C/C=C\CC. The maximum Gasteiger partial charge on any atom is 0.472 e. The van der Waals surface area contributed by atoms with Crippen LogP contribution in [-0.4, -0.2) is 66.5 Å². The van der Waals surface area contributed by atoms with E-state index in [1.807, 2.05) is 12.2 Å². The van der Waals surface area contributed by atoms with Gasteiger partial charge in [0, 0.05) is 19.3 Å². The molecule has 0 heterocycles. The Morgan fingerprint density at radius 1 is 0.392 bits per heavy atom. The molecule has 0 amide bonds. The number of rotatable bonds is 54. The molecule has 2 N–H and O–H groups in total. The lowest BCUT2D eigenvalue weighted by molar-refractivity contribution is -0.161. The van der Waals surface area contributed by atoms with Crippen LogP contribution < -0.4 is 0 Å². The molecular weight excluding hydrogens is 952 g/mol. The molecule has 0 aliphatic carbocycles. The van der Waals surface area contributed by atoms with E-state index in [0.29, 0.717) is 19.3 Å². The van der Waals surface area contributed by atoms with Gasteiger partial charge in [-0.05, 0) is 77.0 Å². The van der Waals surface area contributed by atoms with Gasteiger partial charge in [-0.3, -0.25) is 23.4 Å². The Morgan fingerprint density at radius 3 is 1.16 bits per heavy atom. The summed E-state index contributed by atoms with van der Waals surface area (Å²) in [6.07, 6.45) is 64.2. The number of aliphatic hydroxyl groups excluding tert-OH is 1. The summed E-state index contributed by atoms with van der Waals surface area (Å²) in [5.74, 6) is -1.57. The van der Waals surface area contributed by atoms with Crippen LogP contribution in [0.2, 0.25) is 0 Å². The van der Waals surface area contributed by atoms with E-state index in [-0.39, 0.29) is 25.9 Å². The molecule has 0 aliphatic rings. The van der Waals surface area contributed by atoms with Crippen LogP contribution >= 0.6 is 7.82 Å². The van der Waals surface area contributed by atoms with Crippen LogP contribution in [0.15, 0.2) is 85.1 Å². The highest BCUT2D eigenvalue weighted by molar-refractivity contribution is 7.47. The van der Waals surface area contributed by atoms with Gasteiger partial charge in [-0.15, -0.1) is 0 Å². The summed E-state index contributed by atoms with van der Waals surface area (Å²) in [4.78, 5) is 48.5. The van der Waals surface area contributed by atoms with Gasteiger partial charge in [-0.2, -0.15) is 0 Å². The molecular formula is C62H107O11P. The molecule has 0 aliphatic heterocycles. The van der Waals surface area contributed by atoms with Crippen molar-refractivity contribution in [3.05, 3.63) is 85.1 Å². The van der Waals surface area contributed by atoms with Crippen molar-refractivity contribution in [3.8, 4) is 0 Å². The highest BCUT2D eigenvalue weighted by atomic mass is 31.2. The number of ether oxygens (including phenoxy) is 3. The van der Waals surface area contributed by atoms with E-state index < -0.39 is 57.8 Å². The Hall–Kier alpha value is -3.34. The average molecular weight is 1060 g/mol. The van der Waals surface area contributed by atoms with Crippen LogP contribution in [0.1, 0.15) is 252 Å². The van der Waals surface area contributed by atoms with Gasteiger partial charge in [0.15, 0.2) is 6.10 Å². The largest absolute Gasteiger partial charge is 0.472 e. The normalized spacial score (nSPS) is 14.0. The quantitative estimate of drug-likeness (QED) is 0.0197. The molecule has 0 radical (unpaired) electrons. The summed E-state index contributed by atoms with van der Waals surface area (Å²) < 4.78 is 39.4. The lowest BCUT2D eigenvalue weighted by Gasteiger charge is -2.21. The summed E-state index contributed by atoms with van der Waals surface area (Å²) >= 11 is 0. The van der Waals surface area contributed by atoms with Crippen molar-refractivity contribution in [3.63, 3.8) is 0 Å². The third-order valence-corrected chi connectivity index (χ3v) is 13.3. The summed E-state index contributed by atoms with van der Waals surface area (Å²) in [5.41, 5.74) is 0. The first-order chi connectivity index (χ1) is 36.2. The summed E-state index contributed by atoms with van der Waals surface area (Å²) in [6, 6.07) is 0. The molecule has 3 atom stereocenters. The topological polar surface area (TPSA) is 155 Å². The van der Waals surface area contributed by atoms with Gasteiger partial charge >= 0.3 is 25.7 Å². The fraction of sp³-hybridized carbons (Fsp3) is 0.726. The number of hydrogen-bond acceptors (Lipinski definition) is 10. The highest BCUT2D eigenvalue weighted by Gasteiger charge is 2.28. The third-order valence-electron chi connectivity index (χ3n) is 12.3. The second kappa shape index (κ2) is 55.9. The first-order valence-corrected chi connectivity index (χ1v) is 31.0. The highest BCUT2D eigenvalue weighted by Crippen LogP contribution is 2.43. The molecule has 0 rings (SSSR count). The van der Waals surface area contributed by atoms with E-state index in [1.165, 1.54) is 96.3 Å². The van der Waals surface area contributed by atoms with E-state index in [4.69, 9.17) is 23.3 Å². The van der Waals surface area contributed by atoms with Crippen molar-refractivity contribution >= 4 is 25.7 Å². The van der Waals surface area contributed by atoms with E-state index in [2.05, 4.69) is 93.7 Å². The number of hydrogen-bond donors (Lipinski definition) is 2. The minimum absolute atomic E-state index is 0.0527. The van der Waals surface area contributed by atoms with Gasteiger partial charge in [-0.25, -0.2) is 4.57 Å². The molecule has 0 saturated heterocycles. The Bertz CT molecular complexity index is 1560. The maximum absolute atomic E-state index is 12.9. The van der Waals surface area contributed by atoms with E-state index in [1.54, 1.807) is 0 Å². The van der Waals surface area contributed by atoms with Gasteiger partial charge in [0.2, 0.25) is 0 Å². The summed E-state index contributed by atoms with van der Waals surface area (Å²) in [7, 11) is -4.77.